The molecule has 0 aliphatic rings. The molecule has 0 bridgehead atoms. The van der Waals surface area contributed by atoms with Crippen LogP contribution in [0.1, 0.15) is 11.3 Å². The Labute approximate surface area is 97.7 Å². The number of hydrogen-bond donors (Lipinski definition) is 0. The van der Waals surface area contributed by atoms with Crippen LogP contribution < -0.4 is 5.63 Å². The Morgan fingerprint density at radius 2 is 2.00 bits per heavy atom. The van der Waals surface area contributed by atoms with Crippen LogP contribution in [0.15, 0.2) is 39.5 Å². The maximum Gasteiger partial charge on any atom is 0.345 e. The second-order valence-corrected chi connectivity index (χ2v) is 4.21. The van der Waals surface area contributed by atoms with Gasteiger partial charge in [-0.1, -0.05) is 18.2 Å². The number of fused-ring (bicyclic) bond motifs is 2. The van der Waals surface area contributed by atoms with E-state index in [1.54, 1.807) is 13.0 Å². The van der Waals surface area contributed by atoms with E-state index in [0.717, 1.165) is 16.5 Å². The third-order valence-electron chi connectivity index (χ3n) is 2.89. The highest BCUT2D eigenvalue weighted by molar-refractivity contribution is 5.93. The number of aryl methyl sites for hydroxylation is 2. The van der Waals surface area contributed by atoms with Gasteiger partial charge in [-0.05, 0) is 25.5 Å². The van der Waals surface area contributed by atoms with Crippen molar-refractivity contribution in [1.82, 2.24) is 4.98 Å². The van der Waals surface area contributed by atoms with E-state index in [1.165, 1.54) is 0 Å². The standard InChI is InChI=1S/C14H11NO2/c1-8-4-3-5-10-7-11-12(15-13(8)10)6-9(2)17-14(11)16/h3-7H,1-2H3. The molecule has 0 radical (unpaired) electrons. The van der Waals surface area contributed by atoms with Gasteiger partial charge in [-0.15, -0.1) is 0 Å². The average molecular weight is 225 g/mol. The van der Waals surface area contributed by atoms with Crippen LogP contribution in [0.4, 0.5) is 0 Å². The van der Waals surface area contributed by atoms with Gasteiger partial charge in [0.2, 0.25) is 0 Å². The molecule has 0 amide bonds. The monoisotopic (exact) mass is 225 g/mol. The van der Waals surface area contributed by atoms with Crippen LogP contribution in [0.3, 0.4) is 0 Å². The first-order valence-corrected chi connectivity index (χ1v) is 5.46. The van der Waals surface area contributed by atoms with E-state index in [-0.39, 0.29) is 5.63 Å². The van der Waals surface area contributed by atoms with Gasteiger partial charge in [-0.2, -0.15) is 0 Å². The number of aromatic nitrogens is 1. The predicted octanol–water partition coefficient (Wildman–Crippen LogP) is 2.96. The van der Waals surface area contributed by atoms with E-state index in [9.17, 15) is 4.79 Å². The highest BCUT2D eigenvalue weighted by Gasteiger charge is 2.06. The summed E-state index contributed by atoms with van der Waals surface area (Å²) in [6, 6.07) is 9.56. The molecule has 0 saturated carbocycles. The van der Waals surface area contributed by atoms with Crippen molar-refractivity contribution in [3.8, 4) is 0 Å². The first-order valence-electron chi connectivity index (χ1n) is 5.46. The van der Waals surface area contributed by atoms with Crippen molar-refractivity contribution in [2.45, 2.75) is 13.8 Å². The third kappa shape index (κ3) is 1.51. The molecule has 0 N–H and O–H groups in total. The Balaban J connectivity index is 2.57. The molecule has 84 valence electrons. The van der Waals surface area contributed by atoms with Gasteiger partial charge in [-0.3, -0.25) is 0 Å². The Kier molecular flexibility index (Phi) is 2.01. The lowest BCUT2D eigenvalue weighted by Gasteiger charge is -2.03. The van der Waals surface area contributed by atoms with Crippen LogP contribution in [-0.2, 0) is 0 Å². The van der Waals surface area contributed by atoms with Crippen molar-refractivity contribution in [3.63, 3.8) is 0 Å². The second kappa shape index (κ2) is 3.42. The summed E-state index contributed by atoms with van der Waals surface area (Å²) >= 11 is 0. The quantitative estimate of drug-likeness (QED) is 0.552. The fourth-order valence-electron chi connectivity index (χ4n) is 2.06. The van der Waals surface area contributed by atoms with Crippen molar-refractivity contribution in [2.24, 2.45) is 0 Å². The topological polar surface area (TPSA) is 43.1 Å². The lowest BCUT2D eigenvalue weighted by atomic mass is 10.1. The van der Waals surface area contributed by atoms with Gasteiger partial charge in [0.1, 0.15) is 5.76 Å². The molecule has 3 rings (SSSR count). The molecule has 0 spiro atoms. The van der Waals surface area contributed by atoms with Crippen molar-refractivity contribution in [2.75, 3.05) is 0 Å². The molecule has 3 heteroatoms. The maximum atomic E-state index is 11.7. The largest absolute Gasteiger partial charge is 0.428 e. The molecular formula is C14H11NO2. The fraction of sp³-hybridized carbons (Fsp3) is 0.143. The molecule has 0 aliphatic carbocycles. The third-order valence-corrected chi connectivity index (χ3v) is 2.89. The van der Waals surface area contributed by atoms with Gasteiger partial charge >= 0.3 is 5.63 Å². The first kappa shape index (κ1) is 10.0. The molecule has 0 saturated heterocycles. The van der Waals surface area contributed by atoms with E-state index in [1.807, 2.05) is 31.2 Å². The van der Waals surface area contributed by atoms with Crippen molar-refractivity contribution in [1.29, 1.82) is 0 Å². The molecule has 0 atom stereocenters. The van der Waals surface area contributed by atoms with E-state index in [0.29, 0.717) is 16.7 Å². The van der Waals surface area contributed by atoms with E-state index in [4.69, 9.17) is 4.42 Å². The minimum atomic E-state index is -0.323. The van der Waals surface area contributed by atoms with E-state index >= 15 is 0 Å². The predicted molar refractivity (Wildman–Crippen MR) is 67.3 cm³/mol. The smallest absolute Gasteiger partial charge is 0.345 e. The summed E-state index contributed by atoms with van der Waals surface area (Å²) in [5.41, 5.74) is 2.41. The van der Waals surface area contributed by atoms with Crippen LogP contribution >= 0.6 is 0 Å². The summed E-state index contributed by atoms with van der Waals surface area (Å²) < 4.78 is 5.07. The Hall–Kier alpha value is -2.16. The van der Waals surface area contributed by atoms with Crippen molar-refractivity contribution >= 4 is 21.8 Å². The van der Waals surface area contributed by atoms with Gasteiger partial charge in [-0.25, -0.2) is 9.78 Å². The minimum Gasteiger partial charge on any atom is -0.428 e. The minimum absolute atomic E-state index is 0.323. The van der Waals surface area contributed by atoms with Crippen molar-refractivity contribution < 1.29 is 4.42 Å². The molecule has 0 aliphatic heterocycles. The summed E-state index contributed by atoms with van der Waals surface area (Å²) in [4.78, 5) is 16.3. The zero-order valence-corrected chi connectivity index (χ0v) is 9.65. The average Bonchev–Trinajstić information content (AvgIpc) is 2.28. The Morgan fingerprint density at radius 3 is 2.82 bits per heavy atom. The Bertz CT molecular complexity index is 787. The van der Waals surface area contributed by atoms with E-state index < -0.39 is 0 Å². The first-order chi connectivity index (χ1) is 8.15. The zero-order chi connectivity index (χ0) is 12.0. The van der Waals surface area contributed by atoms with Crippen LogP contribution in [0.25, 0.3) is 21.8 Å². The molecule has 0 unspecified atom stereocenters. The summed E-state index contributed by atoms with van der Waals surface area (Å²) in [5.74, 6) is 0.586. The van der Waals surface area contributed by atoms with Crippen LogP contribution in [0.5, 0.6) is 0 Å². The molecule has 2 heterocycles. The summed E-state index contributed by atoms with van der Waals surface area (Å²) in [7, 11) is 0. The molecular weight excluding hydrogens is 214 g/mol. The van der Waals surface area contributed by atoms with Crippen LogP contribution in [0, 0.1) is 13.8 Å². The molecule has 3 nitrogen and oxygen atoms in total. The number of nitrogens with zero attached hydrogens (tertiary/aromatic N) is 1. The maximum absolute atomic E-state index is 11.7. The van der Waals surface area contributed by atoms with Gasteiger partial charge in [0.15, 0.2) is 0 Å². The number of rotatable bonds is 0. The van der Waals surface area contributed by atoms with Gasteiger partial charge in [0.05, 0.1) is 16.4 Å². The SMILES string of the molecule is Cc1cc2nc3c(C)cccc3cc2c(=O)o1. The number of hydrogen-bond acceptors (Lipinski definition) is 3. The number of pyridine rings is 1. The molecule has 3 aromatic rings. The summed E-state index contributed by atoms with van der Waals surface area (Å²) in [5, 5.41) is 1.50. The zero-order valence-electron chi connectivity index (χ0n) is 9.65. The van der Waals surface area contributed by atoms with Gasteiger partial charge in [0.25, 0.3) is 0 Å². The molecule has 1 aromatic carbocycles. The number of benzene rings is 1. The molecule has 0 fully saturated rings. The number of para-hydroxylation sites is 1. The summed E-state index contributed by atoms with van der Waals surface area (Å²) in [6.07, 6.45) is 0. The van der Waals surface area contributed by atoms with Crippen molar-refractivity contribution in [3.05, 3.63) is 52.1 Å². The lowest BCUT2D eigenvalue weighted by molar-refractivity contribution is 0.488. The Morgan fingerprint density at radius 1 is 1.18 bits per heavy atom. The molecule has 17 heavy (non-hydrogen) atoms. The van der Waals surface area contributed by atoms with E-state index in [2.05, 4.69) is 4.98 Å². The molecule has 2 aromatic heterocycles. The lowest BCUT2D eigenvalue weighted by Crippen LogP contribution is -2.01. The fourth-order valence-corrected chi connectivity index (χ4v) is 2.06. The summed E-state index contributed by atoms with van der Waals surface area (Å²) in [6.45, 7) is 3.77. The highest BCUT2D eigenvalue weighted by atomic mass is 16.4. The highest BCUT2D eigenvalue weighted by Crippen LogP contribution is 2.20. The van der Waals surface area contributed by atoms with Gasteiger partial charge < -0.3 is 4.42 Å². The second-order valence-electron chi connectivity index (χ2n) is 4.21. The van der Waals surface area contributed by atoms with Gasteiger partial charge in [0, 0.05) is 11.5 Å². The normalized spacial score (nSPS) is 11.2. The van der Waals surface area contributed by atoms with Crippen LogP contribution in [0.2, 0.25) is 0 Å². The van der Waals surface area contributed by atoms with Crippen LogP contribution in [-0.4, -0.2) is 4.98 Å².